The summed E-state index contributed by atoms with van der Waals surface area (Å²) in [6, 6.07) is 103. The van der Waals surface area contributed by atoms with Gasteiger partial charge in [0.25, 0.3) is 0 Å². The smallest absolute Gasteiger partial charge is 0.0714 e. The average Bonchev–Trinajstić information content (AvgIpc) is 1.62. The summed E-state index contributed by atoms with van der Waals surface area (Å²) >= 11 is 0. The van der Waals surface area contributed by atoms with Crippen LogP contribution in [-0.2, 0) is 5.41 Å². The van der Waals surface area contributed by atoms with Gasteiger partial charge in [0.1, 0.15) is 0 Å². The van der Waals surface area contributed by atoms with E-state index in [4.69, 9.17) is 0 Å². The zero-order valence-corrected chi connectivity index (χ0v) is 43.6. The molecule has 0 unspecified atom stereocenters. The van der Waals surface area contributed by atoms with Crippen molar-refractivity contribution < 1.29 is 5.48 Å². The van der Waals surface area contributed by atoms with Crippen LogP contribution in [0.2, 0.25) is 0 Å². The summed E-state index contributed by atoms with van der Waals surface area (Å²) in [6.07, 6.45) is 0. The molecule has 15 rings (SSSR count). The molecule has 1 heterocycles. The Labute approximate surface area is 472 Å². The van der Waals surface area contributed by atoms with Crippen LogP contribution in [0.15, 0.2) is 321 Å². The van der Waals surface area contributed by atoms with E-state index < -0.39 is 5.41 Å². The molecule has 0 bridgehead atoms. The number of rotatable bonds is 11. The van der Waals surface area contributed by atoms with Crippen LogP contribution in [0.1, 0.15) is 27.7 Å². The maximum atomic E-state index is 10.1. The number of aromatic nitrogens is 1. The second-order valence-corrected chi connectivity index (χ2v) is 20.4. The van der Waals surface area contributed by atoms with Crippen LogP contribution in [0.4, 0.5) is 34.1 Å². The monoisotopic (exact) mass is 1020 g/mol. The van der Waals surface area contributed by atoms with Gasteiger partial charge in [0.2, 0.25) is 0 Å². The zero-order chi connectivity index (χ0) is 56.5. The Balaban J connectivity index is 0.919. The van der Waals surface area contributed by atoms with Crippen molar-refractivity contribution in [2.45, 2.75) is 5.41 Å². The quantitative estimate of drug-likeness (QED) is 0.128. The second-order valence-electron chi connectivity index (χ2n) is 20.4. The third-order valence-electron chi connectivity index (χ3n) is 16.1. The van der Waals surface area contributed by atoms with Gasteiger partial charge in [0, 0.05) is 50.2 Å². The van der Waals surface area contributed by atoms with Crippen LogP contribution >= 0.6 is 0 Å². The van der Waals surface area contributed by atoms with Gasteiger partial charge in [-0.2, -0.15) is 0 Å². The average molecular weight is 1020 g/mol. The molecule has 0 aliphatic heterocycles. The van der Waals surface area contributed by atoms with Crippen LogP contribution in [0.25, 0.3) is 71.6 Å². The summed E-state index contributed by atoms with van der Waals surface area (Å²) in [5.41, 5.74) is 16.7. The Bertz CT molecular complexity index is 4770. The molecule has 0 spiro atoms. The van der Waals surface area contributed by atoms with E-state index in [0.717, 1.165) is 94.3 Å². The summed E-state index contributed by atoms with van der Waals surface area (Å²) < 4.78 is 42.8. The van der Waals surface area contributed by atoms with Crippen LogP contribution in [-0.4, -0.2) is 4.57 Å². The Morgan fingerprint density at radius 2 is 0.812 bits per heavy atom. The first-order valence-corrected chi connectivity index (χ1v) is 27.3. The molecule has 0 radical (unpaired) electrons. The molecule has 0 saturated carbocycles. The van der Waals surface area contributed by atoms with Gasteiger partial charge in [0.15, 0.2) is 0 Å². The summed E-state index contributed by atoms with van der Waals surface area (Å²) in [6.45, 7) is 0. The molecule has 1 aliphatic rings. The van der Waals surface area contributed by atoms with Gasteiger partial charge in [0.05, 0.1) is 33.3 Å². The van der Waals surface area contributed by atoms with E-state index >= 15 is 0 Å². The van der Waals surface area contributed by atoms with E-state index in [1.165, 1.54) is 5.56 Å². The summed E-state index contributed by atoms with van der Waals surface area (Å²) in [5, 5.41) is 3.93. The fraction of sp³-hybridized carbons (Fsp3) is 0.0130. The first kappa shape index (κ1) is 42.6. The molecule has 3 heteroatoms. The molecular formula is C77H53N3. The fourth-order valence-electron chi connectivity index (χ4n) is 12.7. The Hall–Kier alpha value is -10.5. The van der Waals surface area contributed by atoms with E-state index in [0.29, 0.717) is 16.9 Å². The number of fused-ring (bicyclic) bond motifs is 7. The molecule has 1 aliphatic carbocycles. The van der Waals surface area contributed by atoms with Crippen LogP contribution in [0.5, 0.6) is 0 Å². The molecule has 0 N–H and O–H groups in total. The predicted molar refractivity (Wildman–Crippen MR) is 336 cm³/mol. The van der Waals surface area contributed by atoms with Crippen molar-refractivity contribution in [3.05, 3.63) is 344 Å². The number of nitrogens with zero attached hydrogens (tertiary/aromatic N) is 3. The number of hydrogen-bond donors (Lipinski definition) is 0. The van der Waals surface area contributed by atoms with E-state index in [-0.39, 0.29) is 35.4 Å². The molecule has 0 saturated heterocycles. The van der Waals surface area contributed by atoms with Crippen molar-refractivity contribution in [1.82, 2.24) is 4.57 Å². The number of benzene rings is 13. The SMILES string of the molecule is [2H]c1c([2H])c(N(c2ccccc2)c2ccc3c(c2)C(c2ccccc2)(c2ccccc2)c2ccccc2-3)c([2H])c([2H])c1-c1cccc2c(N(c3ccc4c(c3)c3ccccc3n4-c3ccccc3)c3ccccc3-c3ccccc3)cccc12. The van der Waals surface area contributed by atoms with Gasteiger partial charge in [-0.25, -0.2) is 0 Å². The molecule has 0 amide bonds. The first-order chi connectivity index (χ1) is 41.4. The van der Waals surface area contributed by atoms with E-state index in [2.05, 4.69) is 240 Å². The highest BCUT2D eigenvalue weighted by Crippen LogP contribution is 2.57. The van der Waals surface area contributed by atoms with Crippen LogP contribution in [0.3, 0.4) is 0 Å². The normalized spacial score (nSPS) is 13.1. The first-order valence-electron chi connectivity index (χ1n) is 29.3. The van der Waals surface area contributed by atoms with Crippen molar-refractivity contribution in [1.29, 1.82) is 0 Å². The molecule has 376 valence electrons. The third kappa shape index (κ3) is 7.58. The van der Waals surface area contributed by atoms with Crippen molar-refractivity contribution in [2.75, 3.05) is 9.80 Å². The molecular weight excluding hydrogens is 967 g/mol. The largest absolute Gasteiger partial charge is 0.310 e. The predicted octanol–water partition coefficient (Wildman–Crippen LogP) is 20.6. The minimum atomic E-state index is -0.701. The molecule has 80 heavy (non-hydrogen) atoms. The van der Waals surface area contributed by atoms with Crippen molar-refractivity contribution in [2.24, 2.45) is 0 Å². The minimum absolute atomic E-state index is 0.132. The van der Waals surface area contributed by atoms with E-state index in [1.54, 1.807) is 0 Å². The topological polar surface area (TPSA) is 11.4 Å². The Morgan fingerprint density at radius 3 is 1.56 bits per heavy atom. The lowest BCUT2D eigenvalue weighted by Crippen LogP contribution is -2.28. The highest BCUT2D eigenvalue weighted by Gasteiger charge is 2.46. The lowest BCUT2D eigenvalue weighted by atomic mass is 9.67. The standard InChI is InChI=1S/C77H53N3/c1-6-24-54(25-7-1)64-34-17-20-41-73(64)80(61-49-51-76-70(52-61)69-36-18-21-42-74(69)79(76)59-32-14-5-15-33-59)75-43-23-38-65-63(37-22-39-68(65)75)55-44-46-60(47-45-55)78(58-30-12-4-13-31-58)62-48-50-67-66-35-16-19-40-71(66)77(72(67)53-62,56-26-8-2-9-27-56)57-28-10-3-11-29-57/h1-53H/i44D,45D,46D,47D. The fourth-order valence-corrected chi connectivity index (χ4v) is 12.7. The minimum Gasteiger partial charge on any atom is -0.310 e. The summed E-state index contributed by atoms with van der Waals surface area (Å²) in [4.78, 5) is 4.24. The molecule has 0 fully saturated rings. The lowest BCUT2D eigenvalue weighted by Gasteiger charge is -2.35. The van der Waals surface area contributed by atoms with Crippen LogP contribution in [0, 0.1) is 0 Å². The number of anilines is 6. The Morgan fingerprint density at radius 1 is 0.287 bits per heavy atom. The third-order valence-corrected chi connectivity index (χ3v) is 16.1. The van der Waals surface area contributed by atoms with Gasteiger partial charge < -0.3 is 14.4 Å². The summed E-state index contributed by atoms with van der Waals surface area (Å²) in [5.74, 6) is 0. The van der Waals surface area contributed by atoms with Gasteiger partial charge in [-0.15, -0.1) is 0 Å². The zero-order valence-electron chi connectivity index (χ0n) is 47.6. The lowest BCUT2D eigenvalue weighted by molar-refractivity contribution is 0.768. The van der Waals surface area contributed by atoms with Gasteiger partial charge in [-0.1, -0.05) is 237 Å². The molecule has 1 aromatic heterocycles. The van der Waals surface area contributed by atoms with Crippen molar-refractivity contribution >= 4 is 66.7 Å². The summed E-state index contributed by atoms with van der Waals surface area (Å²) in [7, 11) is 0. The van der Waals surface area contributed by atoms with Crippen molar-refractivity contribution in [3.63, 3.8) is 0 Å². The highest BCUT2D eigenvalue weighted by molar-refractivity contribution is 6.12. The van der Waals surface area contributed by atoms with Crippen LogP contribution < -0.4 is 9.80 Å². The maximum Gasteiger partial charge on any atom is 0.0714 e. The molecule has 14 aromatic rings. The number of para-hydroxylation sites is 4. The molecule has 0 atom stereocenters. The van der Waals surface area contributed by atoms with Gasteiger partial charge in [-0.3, -0.25) is 0 Å². The highest BCUT2D eigenvalue weighted by atomic mass is 15.2. The Kier molecular flexibility index (Phi) is 10.4. The van der Waals surface area contributed by atoms with Crippen molar-refractivity contribution in [3.8, 4) is 39.1 Å². The van der Waals surface area contributed by atoms with E-state index in [1.807, 2.05) is 71.6 Å². The second kappa shape index (κ2) is 19.5. The maximum absolute atomic E-state index is 10.1. The van der Waals surface area contributed by atoms with Gasteiger partial charge in [-0.05, 0) is 140 Å². The molecule has 3 nitrogen and oxygen atoms in total. The van der Waals surface area contributed by atoms with Gasteiger partial charge >= 0.3 is 0 Å². The van der Waals surface area contributed by atoms with E-state index in [9.17, 15) is 5.48 Å². The molecule has 13 aromatic carbocycles. The number of hydrogen-bond acceptors (Lipinski definition) is 2.